The van der Waals surface area contributed by atoms with Gasteiger partial charge in [0.15, 0.2) is 9.84 Å². The zero-order valence-corrected chi connectivity index (χ0v) is 16.3. The Labute approximate surface area is 153 Å². The summed E-state index contributed by atoms with van der Waals surface area (Å²) in [4.78, 5) is 25.0. The molecule has 144 valence electrons. The number of rotatable bonds is 3. The number of carboxylic acid groups (broad SMARTS) is 1. The fraction of sp³-hybridized carbons (Fsp3) is 0.556. The number of carboxylic acids is 1. The van der Waals surface area contributed by atoms with E-state index in [9.17, 15) is 18.0 Å². The first-order chi connectivity index (χ1) is 11.9. The molecule has 0 saturated carbocycles. The maximum atomic E-state index is 12.1. The zero-order valence-electron chi connectivity index (χ0n) is 15.5. The van der Waals surface area contributed by atoms with Crippen LogP contribution in [-0.2, 0) is 14.6 Å². The number of sulfone groups is 1. The van der Waals surface area contributed by atoms with Crippen molar-refractivity contribution in [2.24, 2.45) is 0 Å². The van der Waals surface area contributed by atoms with Gasteiger partial charge in [0.2, 0.25) is 0 Å². The molecule has 8 heteroatoms. The fourth-order valence-corrected chi connectivity index (χ4v) is 4.03. The third-order valence-electron chi connectivity index (χ3n) is 4.25. The Morgan fingerprint density at radius 2 is 1.77 bits per heavy atom. The zero-order chi connectivity index (χ0) is 19.7. The predicted octanol–water partition coefficient (Wildman–Crippen LogP) is 2.90. The van der Waals surface area contributed by atoms with Crippen LogP contribution in [0, 0.1) is 0 Å². The third-order valence-corrected chi connectivity index (χ3v) is 5.40. The highest BCUT2D eigenvalue weighted by Crippen LogP contribution is 2.33. The molecule has 7 nitrogen and oxygen atoms in total. The molecule has 0 atom stereocenters. The molecule has 1 aromatic rings. The second kappa shape index (κ2) is 7.26. The second-order valence-electron chi connectivity index (χ2n) is 7.57. The standard InChI is InChI=1S/C18H25NO6S/c1-18(2,3)25-17(22)19-9-7-12(8-10-19)14-6-5-13(16(20)21)11-15(14)26(4,23)24/h5-6,11-12H,7-10H2,1-4H3,(H,20,21). The summed E-state index contributed by atoms with van der Waals surface area (Å²) in [5.41, 5.74) is -0.00829. The summed E-state index contributed by atoms with van der Waals surface area (Å²) >= 11 is 0. The highest BCUT2D eigenvalue weighted by atomic mass is 32.2. The highest BCUT2D eigenvalue weighted by Gasteiger charge is 2.30. The lowest BCUT2D eigenvalue weighted by atomic mass is 9.89. The van der Waals surface area contributed by atoms with Crippen LogP contribution >= 0.6 is 0 Å². The van der Waals surface area contributed by atoms with E-state index in [0.717, 1.165) is 6.26 Å². The van der Waals surface area contributed by atoms with Crippen molar-refractivity contribution >= 4 is 21.9 Å². The van der Waals surface area contributed by atoms with Crippen molar-refractivity contribution in [3.05, 3.63) is 29.3 Å². The summed E-state index contributed by atoms with van der Waals surface area (Å²) in [6, 6.07) is 4.22. The van der Waals surface area contributed by atoms with E-state index in [1.807, 2.05) is 0 Å². The van der Waals surface area contributed by atoms with Gasteiger partial charge in [0, 0.05) is 19.3 Å². The molecular formula is C18H25NO6S. The van der Waals surface area contributed by atoms with Crippen molar-refractivity contribution in [1.29, 1.82) is 0 Å². The summed E-state index contributed by atoms with van der Waals surface area (Å²) in [5.74, 6) is -1.22. The van der Waals surface area contributed by atoms with Crippen LogP contribution in [0.25, 0.3) is 0 Å². The molecule has 0 bridgehead atoms. The number of ether oxygens (including phenoxy) is 1. The Morgan fingerprint density at radius 1 is 1.19 bits per heavy atom. The third kappa shape index (κ3) is 4.97. The minimum absolute atomic E-state index is 0.0492. The molecule has 1 aliphatic rings. The number of likely N-dealkylation sites (tertiary alicyclic amines) is 1. The SMILES string of the molecule is CC(C)(C)OC(=O)N1CCC(c2ccc(C(=O)O)cc2S(C)(=O)=O)CC1. The first kappa shape index (κ1) is 20.2. The van der Waals surface area contributed by atoms with E-state index in [4.69, 9.17) is 9.84 Å². The van der Waals surface area contributed by atoms with Gasteiger partial charge < -0.3 is 14.7 Å². The van der Waals surface area contributed by atoms with E-state index in [1.165, 1.54) is 12.1 Å². The van der Waals surface area contributed by atoms with Crippen LogP contribution in [-0.4, -0.2) is 55.4 Å². The number of carbonyl (C=O) groups excluding carboxylic acids is 1. The van der Waals surface area contributed by atoms with Crippen LogP contribution in [0.4, 0.5) is 4.79 Å². The number of aromatic carboxylic acids is 1. The van der Waals surface area contributed by atoms with Gasteiger partial charge in [0.05, 0.1) is 10.5 Å². The van der Waals surface area contributed by atoms with Gasteiger partial charge >= 0.3 is 12.1 Å². The first-order valence-electron chi connectivity index (χ1n) is 8.44. The number of piperidine rings is 1. The van der Waals surface area contributed by atoms with E-state index >= 15 is 0 Å². The van der Waals surface area contributed by atoms with Crippen molar-refractivity contribution in [3.63, 3.8) is 0 Å². The monoisotopic (exact) mass is 383 g/mol. The molecule has 2 rings (SSSR count). The Hall–Kier alpha value is -2.09. The number of hydrogen-bond acceptors (Lipinski definition) is 5. The summed E-state index contributed by atoms with van der Waals surface area (Å²) in [6.45, 7) is 6.34. The van der Waals surface area contributed by atoms with Crippen molar-refractivity contribution in [2.45, 2.75) is 50.0 Å². The van der Waals surface area contributed by atoms with Crippen LogP contribution < -0.4 is 0 Å². The van der Waals surface area contributed by atoms with Crippen molar-refractivity contribution < 1.29 is 27.9 Å². The topological polar surface area (TPSA) is 101 Å². The van der Waals surface area contributed by atoms with Gasteiger partial charge in [-0.2, -0.15) is 0 Å². The summed E-state index contributed by atoms with van der Waals surface area (Å²) in [6.07, 6.45) is 1.89. The second-order valence-corrected chi connectivity index (χ2v) is 9.56. The Balaban J connectivity index is 2.19. The van der Waals surface area contributed by atoms with E-state index in [1.54, 1.807) is 31.7 Å². The summed E-state index contributed by atoms with van der Waals surface area (Å²) < 4.78 is 29.6. The normalized spacial score (nSPS) is 16.4. The lowest BCUT2D eigenvalue weighted by Crippen LogP contribution is -2.41. The van der Waals surface area contributed by atoms with Crippen LogP contribution in [0.3, 0.4) is 0 Å². The van der Waals surface area contributed by atoms with Gasteiger partial charge in [-0.05, 0) is 57.2 Å². The number of amides is 1. The average molecular weight is 383 g/mol. The van der Waals surface area contributed by atoms with Gasteiger partial charge in [0.25, 0.3) is 0 Å². The number of benzene rings is 1. The minimum atomic E-state index is -3.56. The Morgan fingerprint density at radius 3 is 2.23 bits per heavy atom. The first-order valence-corrected chi connectivity index (χ1v) is 10.3. The largest absolute Gasteiger partial charge is 0.478 e. The molecule has 1 saturated heterocycles. The molecule has 0 unspecified atom stereocenters. The highest BCUT2D eigenvalue weighted by molar-refractivity contribution is 7.90. The van der Waals surface area contributed by atoms with Crippen LogP contribution in [0.2, 0.25) is 0 Å². The van der Waals surface area contributed by atoms with Gasteiger partial charge in [-0.15, -0.1) is 0 Å². The fourth-order valence-electron chi connectivity index (χ4n) is 3.03. The van der Waals surface area contributed by atoms with E-state index < -0.39 is 21.4 Å². The molecule has 0 radical (unpaired) electrons. The Kier molecular flexibility index (Phi) is 5.65. The van der Waals surface area contributed by atoms with Crippen LogP contribution in [0.1, 0.15) is 55.5 Å². The molecule has 0 aliphatic carbocycles. The Bertz CT molecular complexity index is 801. The number of nitrogens with zero attached hydrogens (tertiary/aromatic N) is 1. The molecule has 1 fully saturated rings. The van der Waals surface area contributed by atoms with E-state index in [-0.39, 0.29) is 22.5 Å². The lowest BCUT2D eigenvalue weighted by molar-refractivity contribution is 0.0204. The summed E-state index contributed by atoms with van der Waals surface area (Å²) in [7, 11) is -3.56. The number of hydrogen-bond donors (Lipinski definition) is 1. The van der Waals surface area contributed by atoms with Gasteiger partial charge in [-0.1, -0.05) is 6.07 Å². The molecule has 0 spiro atoms. The van der Waals surface area contributed by atoms with Gasteiger partial charge in [0.1, 0.15) is 5.60 Å². The van der Waals surface area contributed by atoms with Gasteiger partial charge in [-0.3, -0.25) is 0 Å². The smallest absolute Gasteiger partial charge is 0.410 e. The average Bonchev–Trinajstić information content (AvgIpc) is 2.52. The van der Waals surface area contributed by atoms with Crippen molar-refractivity contribution in [2.75, 3.05) is 19.3 Å². The number of carbonyl (C=O) groups is 2. The molecule has 1 aromatic carbocycles. The molecule has 1 amide bonds. The molecule has 1 aliphatic heterocycles. The minimum Gasteiger partial charge on any atom is -0.478 e. The molecule has 1 N–H and O–H groups in total. The predicted molar refractivity (Wildman–Crippen MR) is 96.3 cm³/mol. The summed E-state index contributed by atoms with van der Waals surface area (Å²) in [5, 5.41) is 9.11. The lowest BCUT2D eigenvalue weighted by Gasteiger charge is -2.34. The molecular weight excluding hydrogens is 358 g/mol. The van der Waals surface area contributed by atoms with E-state index in [0.29, 0.717) is 31.5 Å². The molecule has 1 heterocycles. The quantitative estimate of drug-likeness (QED) is 0.861. The molecule has 26 heavy (non-hydrogen) atoms. The maximum Gasteiger partial charge on any atom is 0.410 e. The van der Waals surface area contributed by atoms with Crippen LogP contribution in [0.5, 0.6) is 0 Å². The maximum absolute atomic E-state index is 12.1. The van der Waals surface area contributed by atoms with Crippen LogP contribution in [0.15, 0.2) is 23.1 Å². The molecule has 0 aromatic heterocycles. The van der Waals surface area contributed by atoms with Gasteiger partial charge in [-0.25, -0.2) is 18.0 Å². The van der Waals surface area contributed by atoms with E-state index in [2.05, 4.69) is 0 Å². The van der Waals surface area contributed by atoms with Crippen molar-refractivity contribution in [3.8, 4) is 0 Å². The van der Waals surface area contributed by atoms with Crippen molar-refractivity contribution in [1.82, 2.24) is 4.90 Å².